The molecule has 0 N–H and O–H groups in total. The van der Waals surface area contributed by atoms with E-state index in [0.29, 0.717) is 17.9 Å². The van der Waals surface area contributed by atoms with E-state index in [1.807, 2.05) is 24.3 Å². The molecule has 2 aliphatic rings. The van der Waals surface area contributed by atoms with Crippen LogP contribution in [0.25, 0.3) is 0 Å². The Morgan fingerprint density at radius 3 is 2.43 bits per heavy atom. The molecular formula is C16H14O5. The normalized spacial score (nSPS) is 14.0. The minimum absolute atomic E-state index is 0.252. The van der Waals surface area contributed by atoms with Crippen molar-refractivity contribution in [2.45, 2.75) is 6.42 Å². The Labute approximate surface area is 122 Å². The van der Waals surface area contributed by atoms with E-state index in [1.54, 1.807) is 14.2 Å². The van der Waals surface area contributed by atoms with E-state index in [2.05, 4.69) is 0 Å². The first-order valence-electron chi connectivity index (χ1n) is 6.64. The largest absolute Gasteiger partial charge is 0.496 e. The van der Waals surface area contributed by atoms with Gasteiger partial charge in [0.15, 0.2) is 11.5 Å². The van der Waals surface area contributed by atoms with Crippen molar-refractivity contribution in [3.63, 3.8) is 0 Å². The first kappa shape index (κ1) is 12.2. The summed E-state index contributed by atoms with van der Waals surface area (Å²) in [7, 11) is 3.26. The number of benzene rings is 2. The van der Waals surface area contributed by atoms with Crippen molar-refractivity contribution >= 4 is 0 Å². The van der Waals surface area contributed by atoms with Crippen LogP contribution in [-0.4, -0.2) is 21.0 Å². The Hall–Kier alpha value is -2.56. The highest BCUT2D eigenvalue weighted by Gasteiger charge is 2.25. The number of rotatable bonds is 2. The smallest absolute Gasteiger partial charge is 0.231 e. The number of ether oxygens (including phenoxy) is 5. The van der Waals surface area contributed by atoms with Crippen LogP contribution in [0.15, 0.2) is 24.3 Å². The molecule has 2 aromatic rings. The third-order valence-corrected chi connectivity index (χ3v) is 3.74. The summed E-state index contributed by atoms with van der Waals surface area (Å²) in [6.45, 7) is 0.252. The van der Waals surface area contributed by atoms with Crippen LogP contribution in [0.3, 0.4) is 0 Å². The topological polar surface area (TPSA) is 46.2 Å². The molecule has 21 heavy (non-hydrogen) atoms. The van der Waals surface area contributed by atoms with Gasteiger partial charge in [0.2, 0.25) is 6.79 Å². The van der Waals surface area contributed by atoms with E-state index in [4.69, 9.17) is 23.7 Å². The molecule has 0 amide bonds. The molecule has 108 valence electrons. The molecule has 5 heteroatoms. The lowest BCUT2D eigenvalue weighted by Gasteiger charge is -2.23. The summed E-state index contributed by atoms with van der Waals surface area (Å²) in [5, 5.41) is 0. The summed E-state index contributed by atoms with van der Waals surface area (Å²) in [5.74, 6) is 4.46. The van der Waals surface area contributed by atoms with Gasteiger partial charge >= 0.3 is 0 Å². The molecule has 0 aliphatic carbocycles. The maximum atomic E-state index is 5.99. The molecule has 2 heterocycles. The molecule has 0 atom stereocenters. The second-order valence-corrected chi connectivity index (χ2v) is 4.90. The Morgan fingerprint density at radius 1 is 0.857 bits per heavy atom. The van der Waals surface area contributed by atoms with Crippen molar-refractivity contribution < 1.29 is 23.7 Å². The SMILES string of the molecule is COc1cc(OC)c2c(c1)Oc1cc3c(cc1C2)OCO3. The Bertz CT molecular complexity index is 723. The lowest BCUT2D eigenvalue weighted by atomic mass is 9.98. The molecule has 0 unspecified atom stereocenters. The highest BCUT2D eigenvalue weighted by atomic mass is 16.7. The van der Waals surface area contributed by atoms with Crippen LogP contribution in [0, 0.1) is 0 Å². The fourth-order valence-electron chi connectivity index (χ4n) is 2.67. The van der Waals surface area contributed by atoms with Gasteiger partial charge in [0.05, 0.1) is 14.2 Å². The van der Waals surface area contributed by atoms with E-state index in [9.17, 15) is 0 Å². The number of methoxy groups -OCH3 is 2. The van der Waals surface area contributed by atoms with Crippen molar-refractivity contribution in [2.75, 3.05) is 21.0 Å². The van der Waals surface area contributed by atoms with Gasteiger partial charge in [0.25, 0.3) is 0 Å². The summed E-state index contributed by atoms with van der Waals surface area (Å²) >= 11 is 0. The first-order chi connectivity index (χ1) is 10.3. The lowest BCUT2D eigenvalue weighted by Crippen LogP contribution is -2.05. The first-order valence-corrected chi connectivity index (χ1v) is 6.64. The van der Waals surface area contributed by atoms with Crippen LogP contribution in [0.4, 0.5) is 0 Å². The zero-order valence-electron chi connectivity index (χ0n) is 11.8. The van der Waals surface area contributed by atoms with Gasteiger partial charge in [-0.25, -0.2) is 0 Å². The van der Waals surface area contributed by atoms with E-state index >= 15 is 0 Å². The molecule has 0 fully saturated rings. The van der Waals surface area contributed by atoms with Crippen LogP contribution in [0.2, 0.25) is 0 Å². The number of hydrogen-bond acceptors (Lipinski definition) is 5. The van der Waals surface area contributed by atoms with Crippen LogP contribution < -0.4 is 23.7 Å². The van der Waals surface area contributed by atoms with Gasteiger partial charge in [-0.1, -0.05) is 0 Å². The molecule has 0 saturated carbocycles. The molecular weight excluding hydrogens is 272 g/mol. The van der Waals surface area contributed by atoms with Crippen LogP contribution in [-0.2, 0) is 6.42 Å². The Balaban J connectivity index is 1.82. The number of hydrogen-bond donors (Lipinski definition) is 0. The summed E-state index contributed by atoms with van der Waals surface area (Å²) in [4.78, 5) is 0. The second-order valence-electron chi connectivity index (χ2n) is 4.90. The molecule has 0 bridgehead atoms. The minimum atomic E-state index is 0.252. The van der Waals surface area contributed by atoms with E-state index in [-0.39, 0.29) is 6.79 Å². The minimum Gasteiger partial charge on any atom is -0.496 e. The molecule has 0 aromatic heterocycles. The standard InChI is InChI=1S/C16H14O5/c1-17-10-5-13(18-2)11-3-9-4-15-16(20-8-19-15)7-12(9)21-14(11)6-10/h4-7H,3,8H2,1-2H3. The average molecular weight is 286 g/mol. The van der Waals surface area contributed by atoms with Crippen molar-refractivity contribution in [3.05, 3.63) is 35.4 Å². The van der Waals surface area contributed by atoms with Crippen molar-refractivity contribution in [2.24, 2.45) is 0 Å². The zero-order valence-corrected chi connectivity index (χ0v) is 11.8. The van der Waals surface area contributed by atoms with Crippen molar-refractivity contribution in [1.29, 1.82) is 0 Å². The van der Waals surface area contributed by atoms with Gasteiger partial charge < -0.3 is 23.7 Å². The van der Waals surface area contributed by atoms with Crippen molar-refractivity contribution in [1.82, 2.24) is 0 Å². The molecule has 2 aliphatic heterocycles. The van der Waals surface area contributed by atoms with Gasteiger partial charge in [-0.05, 0) is 6.07 Å². The Morgan fingerprint density at radius 2 is 1.67 bits per heavy atom. The predicted molar refractivity (Wildman–Crippen MR) is 75.0 cm³/mol. The maximum absolute atomic E-state index is 5.99. The van der Waals surface area contributed by atoms with Crippen LogP contribution in [0.1, 0.15) is 11.1 Å². The molecule has 0 saturated heterocycles. The highest BCUT2D eigenvalue weighted by molar-refractivity contribution is 5.61. The summed E-state index contributed by atoms with van der Waals surface area (Å²) in [6.07, 6.45) is 0.717. The second kappa shape index (κ2) is 4.48. The van der Waals surface area contributed by atoms with Crippen LogP contribution in [0.5, 0.6) is 34.5 Å². The molecule has 2 aromatic carbocycles. The average Bonchev–Trinajstić information content (AvgIpc) is 2.96. The van der Waals surface area contributed by atoms with E-state index in [0.717, 1.165) is 34.1 Å². The van der Waals surface area contributed by atoms with E-state index in [1.165, 1.54) is 0 Å². The molecule has 0 radical (unpaired) electrons. The molecule has 5 nitrogen and oxygen atoms in total. The van der Waals surface area contributed by atoms with Gasteiger partial charge in [0, 0.05) is 35.7 Å². The van der Waals surface area contributed by atoms with E-state index < -0.39 is 0 Å². The highest BCUT2D eigenvalue weighted by Crippen LogP contribution is 2.47. The molecule has 4 rings (SSSR count). The quantitative estimate of drug-likeness (QED) is 0.724. The maximum Gasteiger partial charge on any atom is 0.231 e. The van der Waals surface area contributed by atoms with Crippen LogP contribution >= 0.6 is 0 Å². The zero-order chi connectivity index (χ0) is 14.4. The van der Waals surface area contributed by atoms with Gasteiger partial charge in [-0.15, -0.1) is 0 Å². The van der Waals surface area contributed by atoms with Crippen molar-refractivity contribution in [3.8, 4) is 34.5 Å². The summed E-state index contributed by atoms with van der Waals surface area (Å²) < 4.78 is 27.5. The van der Waals surface area contributed by atoms with Gasteiger partial charge in [-0.2, -0.15) is 0 Å². The van der Waals surface area contributed by atoms with Gasteiger partial charge in [-0.3, -0.25) is 0 Å². The fraction of sp³-hybridized carbons (Fsp3) is 0.250. The number of fused-ring (bicyclic) bond motifs is 3. The predicted octanol–water partition coefficient (Wildman–Crippen LogP) is 3.13. The third-order valence-electron chi connectivity index (χ3n) is 3.74. The third kappa shape index (κ3) is 1.85. The summed E-state index contributed by atoms with van der Waals surface area (Å²) in [5.41, 5.74) is 2.06. The monoisotopic (exact) mass is 286 g/mol. The fourth-order valence-corrected chi connectivity index (χ4v) is 2.67. The molecule has 0 spiro atoms. The lowest BCUT2D eigenvalue weighted by molar-refractivity contribution is 0.174. The Kier molecular flexibility index (Phi) is 2.60. The summed E-state index contributed by atoms with van der Waals surface area (Å²) in [6, 6.07) is 7.56. The van der Waals surface area contributed by atoms with Gasteiger partial charge in [0.1, 0.15) is 23.0 Å².